The molecule has 6 atom stereocenters. The molecule has 0 spiro atoms. The van der Waals surface area contributed by atoms with Crippen LogP contribution in [0.25, 0.3) is 6.08 Å². The van der Waals surface area contributed by atoms with Crippen LogP contribution in [-0.2, 0) is 35.1 Å². The van der Waals surface area contributed by atoms with E-state index in [9.17, 15) is 39.0 Å². The Hall–Kier alpha value is -3.70. The van der Waals surface area contributed by atoms with Crippen molar-refractivity contribution in [3.05, 3.63) is 34.4 Å². The van der Waals surface area contributed by atoms with Gasteiger partial charge in [0.05, 0.1) is 24.1 Å². The number of ether oxygens (including phenoxy) is 1. The molecule has 1 aromatic rings. The molecule has 0 radical (unpaired) electrons. The molecule has 0 aromatic heterocycles. The van der Waals surface area contributed by atoms with Crippen molar-refractivity contribution >= 4 is 41.1 Å². The van der Waals surface area contributed by atoms with Gasteiger partial charge in [-0.15, -0.1) is 0 Å². The number of Topliss-reactive ketones (excluding diaryl/α,β-unsaturated/α-hetero) is 4. The number of nitrogens with zero attached hydrogens (tertiary/aromatic N) is 1. The second kappa shape index (κ2) is 10.4. The largest absolute Gasteiger partial charge is 0.507 e. The Morgan fingerprint density at radius 3 is 2.40 bits per heavy atom. The normalized spacial score (nSPS) is 29.9. The number of rotatable bonds is 6. The maximum absolute atomic E-state index is 14.0. The first-order valence-corrected chi connectivity index (χ1v) is 13.3. The number of hydrogen-bond donors (Lipinski definition) is 3. The summed E-state index contributed by atoms with van der Waals surface area (Å²) in [5, 5.41) is 22.9. The number of phenols is 1. The summed E-state index contributed by atoms with van der Waals surface area (Å²) in [7, 11) is 3.07. The van der Waals surface area contributed by atoms with E-state index in [1.807, 2.05) is 13.8 Å². The summed E-state index contributed by atoms with van der Waals surface area (Å²) in [5.41, 5.74) is 3.89. The van der Waals surface area contributed by atoms with Gasteiger partial charge < -0.3 is 20.7 Å². The van der Waals surface area contributed by atoms with Gasteiger partial charge in [-0.3, -0.25) is 28.9 Å². The Kier molecular flexibility index (Phi) is 7.59. The number of nitrogens with two attached hydrogens (primary N) is 1. The Balaban J connectivity index is 1.87. The quantitative estimate of drug-likeness (QED) is 0.255. The molecule has 1 amide bonds. The summed E-state index contributed by atoms with van der Waals surface area (Å²) in [6.07, 6.45) is 2.59. The van der Waals surface area contributed by atoms with Crippen molar-refractivity contribution in [1.82, 2.24) is 4.90 Å². The summed E-state index contributed by atoms with van der Waals surface area (Å²) in [4.78, 5) is 80.0. The minimum Gasteiger partial charge on any atom is -0.507 e. The van der Waals surface area contributed by atoms with Crippen molar-refractivity contribution in [2.75, 3.05) is 20.7 Å². The molecule has 0 saturated heterocycles. The lowest BCUT2D eigenvalue weighted by Crippen LogP contribution is -2.74. The molecule has 40 heavy (non-hydrogen) atoms. The molecule has 1 aromatic carbocycles. The number of primary amides is 1. The molecule has 11 nitrogen and oxygen atoms in total. The maximum Gasteiger partial charge on any atom is 0.330 e. The van der Waals surface area contributed by atoms with Crippen LogP contribution >= 0.6 is 0 Å². The van der Waals surface area contributed by atoms with Gasteiger partial charge >= 0.3 is 5.97 Å². The van der Waals surface area contributed by atoms with Crippen LogP contribution in [0, 0.1) is 23.7 Å². The number of phenolic OH excluding ortho intramolecular Hbond substituents is 1. The molecule has 4 N–H and O–H groups in total. The van der Waals surface area contributed by atoms with Crippen LogP contribution in [0.1, 0.15) is 60.2 Å². The number of amides is 1. The average molecular weight is 555 g/mol. The van der Waals surface area contributed by atoms with Gasteiger partial charge in [-0.25, -0.2) is 4.79 Å². The predicted molar refractivity (Wildman–Crippen MR) is 141 cm³/mol. The van der Waals surface area contributed by atoms with Crippen molar-refractivity contribution in [3.8, 4) is 5.75 Å². The smallest absolute Gasteiger partial charge is 0.330 e. The third-order valence-corrected chi connectivity index (χ3v) is 8.43. The van der Waals surface area contributed by atoms with Crippen LogP contribution in [0.4, 0.5) is 0 Å². The molecular weight excluding hydrogens is 520 g/mol. The molecule has 11 heteroatoms. The highest BCUT2D eigenvalue weighted by Crippen LogP contribution is 2.52. The highest BCUT2D eigenvalue weighted by atomic mass is 16.5. The summed E-state index contributed by atoms with van der Waals surface area (Å²) < 4.78 is 4.89. The van der Waals surface area contributed by atoms with Crippen molar-refractivity contribution in [2.45, 2.75) is 51.2 Å². The van der Waals surface area contributed by atoms with Gasteiger partial charge in [0.2, 0.25) is 5.91 Å². The third kappa shape index (κ3) is 4.28. The number of aliphatic hydroxyl groups is 1. The van der Waals surface area contributed by atoms with E-state index in [2.05, 4.69) is 0 Å². The second-order valence-electron chi connectivity index (χ2n) is 11.3. The molecule has 4 rings (SSSR count). The van der Waals surface area contributed by atoms with E-state index in [0.717, 1.165) is 11.6 Å². The molecule has 2 fully saturated rings. The Morgan fingerprint density at radius 1 is 1.20 bits per heavy atom. The lowest BCUT2D eigenvalue weighted by Gasteiger charge is -2.52. The van der Waals surface area contributed by atoms with Gasteiger partial charge in [0.25, 0.3) is 0 Å². The summed E-state index contributed by atoms with van der Waals surface area (Å²) in [6.45, 7) is 5.60. The summed E-state index contributed by atoms with van der Waals surface area (Å²) in [5.74, 6) is -11.8. The topological polar surface area (TPSA) is 181 Å². The number of ketones is 4. The predicted octanol–water partition coefficient (Wildman–Crippen LogP) is 0.567. The Morgan fingerprint density at radius 2 is 1.85 bits per heavy atom. The van der Waals surface area contributed by atoms with E-state index in [4.69, 9.17) is 10.5 Å². The molecule has 0 bridgehead atoms. The highest BCUT2D eigenvalue weighted by Gasteiger charge is 2.69. The number of fused-ring (bicyclic) bond motifs is 3. The zero-order valence-corrected chi connectivity index (χ0v) is 23.1. The zero-order chi connectivity index (χ0) is 29.8. The number of carbonyl (C=O) groups excluding carboxylic acids is 6. The van der Waals surface area contributed by atoms with Crippen LogP contribution in [0.5, 0.6) is 5.75 Å². The molecule has 3 aliphatic carbocycles. The van der Waals surface area contributed by atoms with E-state index >= 15 is 0 Å². The summed E-state index contributed by atoms with van der Waals surface area (Å²) >= 11 is 0. The van der Waals surface area contributed by atoms with Gasteiger partial charge in [0, 0.05) is 17.6 Å². The minimum absolute atomic E-state index is 0.0211. The fourth-order valence-electron chi connectivity index (χ4n) is 6.71. The number of benzene rings is 1. The molecule has 0 aliphatic heterocycles. The van der Waals surface area contributed by atoms with Crippen molar-refractivity contribution in [3.63, 3.8) is 0 Å². The standard InChI is InChI=1S/C29H34N2O9/c1-6-40-18(32)8-7-13-9-15(12(2)3)16-10-14-11-17-22(31(4)5)25(35)21(28(30)38)27(37)29(17,39)26(36)19(14)24(34)20(16)23(13)33/h7-9,12,14,17,19,21-22,33,39H,6,10-11H2,1-5H3,(H2,30,38)/t14-,17-,19?,21?,22-,29-/m0/s1. The lowest BCUT2D eigenvalue weighted by atomic mass is 9.52. The number of aromatic hydroxyl groups is 1. The Labute approximate surface area is 231 Å². The van der Waals surface area contributed by atoms with Crippen LogP contribution in [-0.4, -0.2) is 82.5 Å². The molecule has 2 saturated carbocycles. The van der Waals surface area contributed by atoms with Gasteiger partial charge in [-0.1, -0.05) is 13.8 Å². The maximum atomic E-state index is 14.0. The van der Waals surface area contributed by atoms with E-state index < -0.39 is 76.1 Å². The van der Waals surface area contributed by atoms with Crippen LogP contribution in [0.3, 0.4) is 0 Å². The Bertz CT molecular complexity index is 1360. The van der Waals surface area contributed by atoms with Gasteiger partial charge in [0.15, 0.2) is 34.7 Å². The molecule has 2 unspecified atom stereocenters. The van der Waals surface area contributed by atoms with Gasteiger partial charge in [0.1, 0.15) is 5.75 Å². The van der Waals surface area contributed by atoms with Crippen LogP contribution < -0.4 is 5.73 Å². The first-order valence-electron chi connectivity index (χ1n) is 13.3. The highest BCUT2D eigenvalue weighted by molar-refractivity contribution is 6.32. The van der Waals surface area contributed by atoms with E-state index in [0.29, 0.717) is 5.56 Å². The first kappa shape index (κ1) is 29.3. The average Bonchev–Trinajstić information content (AvgIpc) is 2.85. The van der Waals surface area contributed by atoms with Crippen LogP contribution in [0.2, 0.25) is 0 Å². The number of hydrogen-bond acceptors (Lipinski definition) is 10. The van der Waals surface area contributed by atoms with E-state index in [1.165, 1.54) is 25.1 Å². The molecule has 3 aliphatic rings. The molecule has 0 heterocycles. The lowest BCUT2D eigenvalue weighted by molar-refractivity contribution is -0.181. The first-order chi connectivity index (χ1) is 18.7. The minimum atomic E-state index is -2.78. The van der Waals surface area contributed by atoms with Crippen molar-refractivity contribution in [1.29, 1.82) is 0 Å². The van der Waals surface area contributed by atoms with Crippen molar-refractivity contribution < 1.29 is 43.7 Å². The SMILES string of the molecule is CCOC(=O)C=Cc1cc(C(C)C)c2c(c1O)C(=O)C1C(=O)[C@]3(O)C(=O)C(C(N)=O)C(=O)[C@@H](N(C)C)[C@@H]3C[C@@H]1C2. The van der Waals surface area contributed by atoms with Crippen LogP contribution in [0.15, 0.2) is 12.1 Å². The van der Waals surface area contributed by atoms with E-state index in [-0.39, 0.29) is 36.5 Å². The number of esters is 1. The molecular formula is C29H34N2O9. The molecule has 214 valence electrons. The number of carbonyl (C=O) groups is 6. The fraction of sp³-hybridized carbons (Fsp3) is 0.517. The van der Waals surface area contributed by atoms with E-state index in [1.54, 1.807) is 13.0 Å². The van der Waals surface area contributed by atoms with Gasteiger partial charge in [-0.05, 0) is 69.0 Å². The van der Waals surface area contributed by atoms with Crippen molar-refractivity contribution in [2.24, 2.45) is 29.4 Å². The number of likely N-dealkylation sites (N-methyl/N-ethyl adjacent to an activating group) is 1. The zero-order valence-electron chi connectivity index (χ0n) is 23.1. The summed E-state index contributed by atoms with van der Waals surface area (Å²) in [6, 6.07) is 0.520. The second-order valence-corrected chi connectivity index (χ2v) is 11.3. The monoisotopic (exact) mass is 554 g/mol. The fourth-order valence-corrected chi connectivity index (χ4v) is 6.71. The van der Waals surface area contributed by atoms with Gasteiger partial charge in [-0.2, -0.15) is 0 Å². The third-order valence-electron chi connectivity index (χ3n) is 8.43.